The number of halogens is 1. The van der Waals surface area contributed by atoms with Crippen molar-refractivity contribution in [2.75, 3.05) is 5.32 Å². The summed E-state index contributed by atoms with van der Waals surface area (Å²) in [6.07, 6.45) is 2.18. The number of hydrazone groups is 1. The largest absolute Gasteiger partial charge is 0.455 e. The van der Waals surface area contributed by atoms with Crippen LogP contribution in [0.4, 0.5) is 17.1 Å². The highest BCUT2D eigenvalue weighted by Crippen LogP contribution is 2.30. The number of furan rings is 1. The molecule has 2 N–H and O–H groups in total. The maximum absolute atomic E-state index is 13.1. The van der Waals surface area contributed by atoms with Gasteiger partial charge in [-0.3, -0.25) is 9.59 Å². The molecule has 190 valence electrons. The first-order chi connectivity index (χ1) is 18.5. The minimum Gasteiger partial charge on any atom is -0.455 e. The van der Waals surface area contributed by atoms with E-state index < -0.39 is 0 Å². The van der Waals surface area contributed by atoms with E-state index in [4.69, 9.17) is 4.42 Å². The Labute approximate surface area is 228 Å². The Morgan fingerprint density at radius 1 is 0.842 bits per heavy atom. The molecule has 0 aliphatic heterocycles. The zero-order chi connectivity index (χ0) is 26.5. The normalized spacial score (nSPS) is 13.9. The van der Waals surface area contributed by atoms with Gasteiger partial charge in [0, 0.05) is 27.7 Å². The van der Waals surface area contributed by atoms with Crippen LogP contribution in [0.15, 0.2) is 103 Å². The molecule has 2 amide bonds. The lowest BCUT2D eigenvalue weighted by Crippen LogP contribution is -2.22. The fourth-order valence-corrected chi connectivity index (χ4v) is 4.69. The molecule has 1 aliphatic carbocycles. The monoisotopic (exact) mass is 569 g/mol. The summed E-state index contributed by atoms with van der Waals surface area (Å²) in [6, 6.07) is 23.7. The van der Waals surface area contributed by atoms with E-state index in [1.165, 1.54) is 0 Å². The predicted octanol–water partition coefficient (Wildman–Crippen LogP) is 7.49. The summed E-state index contributed by atoms with van der Waals surface area (Å²) < 4.78 is 6.66. The molecule has 0 saturated carbocycles. The molecule has 38 heavy (non-hydrogen) atoms. The van der Waals surface area contributed by atoms with Crippen LogP contribution in [0.5, 0.6) is 0 Å². The number of benzene rings is 3. The number of anilines is 1. The number of aryl methyl sites for hydroxylation is 1. The number of carbonyl (C=O) groups excluding carboxylic acids is 2. The Morgan fingerprint density at radius 3 is 2.26 bits per heavy atom. The first-order valence-electron chi connectivity index (χ1n) is 12.1. The van der Waals surface area contributed by atoms with Crippen LogP contribution in [-0.2, 0) is 6.42 Å². The molecule has 0 bridgehead atoms. The van der Waals surface area contributed by atoms with Crippen molar-refractivity contribution in [1.29, 1.82) is 0 Å². The first-order valence-corrected chi connectivity index (χ1v) is 12.9. The topological polar surface area (TPSA) is 108 Å². The van der Waals surface area contributed by atoms with Crippen molar-refractivity contribution in [2.45, 2.75) is 26.2 Å². The molecule has 0 fully saturated rings. The molecular weight excluding hydrogens is 546 g/mol. The summed E-state index contributed by atoms with van der Waals surface area (Å²) in [5.74, 6) is 0.258. The predicted molar refractivity (Wildman–Crippen MR) is 150 cm³/mol. The van der Waals surface area contributed by atoms with E-state index in [1.54, 1.807) is 42.5 Å². The Morgan fingerprint density at radius 2 is 1.53 bits per heavy atom. The lowest BCUT2D eigenvalue weighted by molar-refractivity contribution is 0.0952. The number of azo groups is 1. The molecule has 1 aliphatic rings. The zero-order valence-electron chi connectivity index (χ0n) is 20.6. The summed E-state index contributed by atoms with van der Waals surface area (Å²) in [6.45, 7) is 1.83. The molecule has 1 aromatic heterocycles. The van der Waals surface area contributed by atoms with Crippen LogP contribution in [0, 0.1) is 6.92 Å². The lowest BCUT2D eigenvalue weighted by atomic mass is 9.93. The second kappa shape index (κ2) is 11.4. The fourth-order valence-electron chi connectivity index (χ4n) is 4.23. The van der Waals surface area contributed by atoms with Crippen LogP contribution in [0.25, 0.3) is 0 Å². The number of fused-ring (bicyclic) bond motifs is 1. The second-order valence-corrected chi connectivity index (χ2v) is 9.58. The molecular formula is C29H24BrN5O3. The average Bonchev–Trinajstić information content (AvgIpc) is 3.29. The van der Waals surface area contributed by atoms with Gasteiger partial charge in [0.25, 0.3) is 11.8 Å². The van der Waals surface area contributed by atoms with E-state index in [9.17, 15) is 9.59 Å². The van der Waals surface area contributed by atoms with Gasteiger partial charge in [-0.2, -0.15) is 15.3 Å². The van der Waals surface area contributed by atoms with Gasteiger partial charge in [-0.1, -0.05) is 30.3 Å². The number of carbonyl (C=O) groups is 2. The molecule has 8 nitrogen and oxygen atoms in total. The highest BCUT2D eigenvalue weighted by Gasteiger charge is 2.28. The molecule has 0 radical (unpaired) electrons. The average molecular weight is 570 g/mol. The second-order valence-electron chi connectivity index (χ2n) is 8.72. The summed E-state index contributed by atoms with van der Waals surface area (Å²) in [5, 5.41) is 15.7. The van der Waals surface area contributed by atoms with Gasteiger partial charge in [-0.25, -0.2) is 5.43 Å². The SMILES string of the molecule is Cc1c(C(=O)Nc2ccc(N=Nc3ccccc3)cc2)oc2c1C(=NNC(=O)c1ccccc1Br)CCC2. The van der Waals surface area contributed by atoms with Gasteiger partial charge in [-0.05, 0) is 84.2 Å². The van der Waals surface area contributed by atoms with Gasteiger partial charge in [0.05, 0.1) is 22.6 Å². The number of rotatable bonds is 6. The van der Waals surface area contributed by atoms with Crippen LogP contribution in [0.2, 0.25) is 0 Å². The quantitative estimate of drug-likeness (QED) is 0.185. The molecule has 1 heterocycles. The van der Waals surface area contributed by atoms with Crippen LogP contribution < -0.4 is 10.7 Å². The summed E-state index contributed by atoms with van der Waals surface area (Å²) in [4.78, 5) is 25.7. The smallest absolute Gasteiger partial charge is 0.291 e. The minimum atomic E-state index is -0.354. The molecule has 4 aromatic rings. The molecule has 0 atom stereocenters. The Bertz CT molecular complexity index is 1540. The Balaban J connectivity index is 1.29. The summed E-state index contributed by atoms with van der Waals surface area (Å²) >= 11 is 3.39. The van der Waals surface area contributed by atoms with Gasteiger partial charge in [0.15, 0.2) is 5.76 Å². The number of nitrogens with zero attached hydrogens (tertiary/aromatic N) is 3. The number of hydrogen-bond donors (Lipinski definition) is 2. The van der Waals surface area contributed by atoms with Crippen LogP contribution >= 0.6 is 15.9 Å². The van der Waals surface area contributed by atoms with Crippen molar-refractivity contribution in [3.63, 3.8) is 0 Å². The van der Waals surface area contributed by atoms with E-state index in [-0.39, 0.29) is 17.6 Å². The molecule has 0 saturated heterocycles. The van der Waals surface area contributed by atoms with Crippen LogP contribution in [0.1, 0.15) is 50.6 Å². The minimum absolute atomic E-state index is 0.231. The van der Waals surface area contributed by atoms with Crippen molar-refractivity contribution >= 4 is 50.5 Å². The Hall–Kier alpha value is -4.37. The van der Waals surface area contributed by atoms with E-state index in [0.717, 1.165) is 17.7 Å². The third-order valence-electron chi connectivity index (χ3n) is 6.11. The van der Waals surface area contributed by atoms with E-state index in [2.05, 4.69) is 42.0 Å². The van der Waals surface area contributed by atoms with Gasteiger partial charge in [0.2, 0.25) is 0 Å². The Kier molecular flexibility index (Phi) is 7.55. The van der Waals surface area contributed by atoms with Crippen molar-refractivity contribution in [3.05, 3.63) is 112 Å². The van der Waals surface area contributed by atoms with Crippen LogP contribution in [0.3, 0.4) is 0 Å². The number of hydrogen-bond acceptors (Lipinski definition) is 6. The van der Waals surface area contributed by atoms with Crippen molar-refractivity contribution in [3.8, 4) is 0 Å². The highest BCUT2D eigenvalue weighted by atomic mass is 79.9. The summed E-state index contributed by atoms with van der Waals surface area (Å²) in [7, 11) is 0. The van der Waals surface area contributed by atoms with E-state index in [1.807, 2.05) is 43.3 Å². The maximum Gasteiger partial charge on any atom is 0.291 e. The maximum atomic E-state index is 13.1. The van der Waals surface area contributed by atoms with Gasteiger partial charge < -0.3 is 9.73 Å². The third-order valence-corrected chi connectivity index (χ3v) is 6.80. The first kappa shape index (κ1) is 25.3. The summed E-state index contributed by atoms with van der Waals surface area (Å²) in [5.41, 5.74) is 7.34. The molecule has 5 rings (SSSR count). The molecule has 3 aromatic carbocycles. The molecule has 0 unspecified atom stereocenters. The third kappa shape index (κ3) is 5.63. The van der Waals surface area contributed by atoms with E-state index in [0.29, 0.717) is 51.3 Å². The van der Waals surface area contributed by atoms with Crippen molar-refractivity contribution in [1.82, 2.24) is 5.43 Å². The standard InChI is InChI=1S/C29H24BrN5O3/c1-18-26-24(34-35-28(36)22-10-5-6-11-23(22)30)12-7-13-25(26)38-27(18)29(37)31-19-14-16-21(17-15-19)33-32-20-8-3-2-4-9-20/h2-6,8-11,14-17H,7,12-13H2,1H3,(H,31,37)(H,35,36). The van der Waals surface area contributed by atoms with Gasteiger partial charge >= 0.3 is 0 Å². The van der Waals surface area contributed by atoms with Gasteiger partial charge in [0.1, 0.15) is 5.76 Å². The zero-order valence-corrected chi connectivity index (χ0v) is 22.2. The number of nitrogens with one attached hydrogen (secondary N) is 2. The van der Waals surface area contributed by atoms with Crippen molar-refractivity contribution < 1.29 is 14.0 Å². The highest BCUT2D eigenvalue weighted by molar-refractivity contribution is 9.10. The fraction of sp³-hybridized carbons (Fsp3) is 0.138. The number of amides is 2. The van der Waals surface area contributed by atoms with Gasteiger partial charge in [-0.15, -0.1) is 0 Å². The van der Waals surface area contributed by atoms with Crippen molar-refractivity contribution in [2.24, 2.45) is 15.3 Å². The lowest BCUT2D eigenvalue weighted by Gasteiger charge is -2.13. The molecule has 9 heteroatoms. The molecule has 0 spiro atoms. The van der Waals surface area contributed by atoms with E-state index >= 15 is 0 Å². The van der Waals surface area contributed by atoms with Crippen LogP contribution in [-0.4, -0.2) is 17.5 Å².